The van der Waals surface area contributed by atoms with E-state index in [9.17, 15) is 8.78 Å². The third kappa shape index (κ3) is 3.75. The number of anilines is 1. The summed E-state index contributed by atoms with van der Waals surface area (Å²) in [6.45, 7) is 1.45. The molecule has 1 N–H and O–H groups in total. The van der Waals surface area contributed by atoms with Crippen molar-refractivity contribution in [2.45, 2.75) is 6.61 Å². The first-order chi connectivity index (χ1) is 9.19. The summed E-state index contributed by atoms with van der Waals surface area (Å²) in [5.41, 5.74) is 1.64. The van der Waals surface area contributed by atoms with Gasteiger partial charge in [0.1, 0.15) is 5.75 Å². The number of nitrogens with zero attached hydrogens (tertiary/aromatic N) is 1. The van der Waals surface area contributed by atoms with Crippen LogP contribution in [0.15, 0.2) is 42.3 Å². The van der Waals surface area contributed by atoms with Gasteiger partial charge in [-0.2, -0.15) is 8.78 Å². The van der Waals surface area contributed by atoms with E-state index in [2.05, 4.69) is 21.6 Å². The third-order valence-corrected chi connectivity index (χ3v) is 3.08. The number of aromatic nitrogens is 1. The van der Waals surface area contributed by atoms with E-state index in [1.54, 1.807) is 18.2 Å². The van der Waals surface area contributed by atoms with E-state index in [0.717, 1.165) is 16.4 Å². The Balaban J connectivity index is 2.08. The lowest BCUT2D eigenvalue weighted by Gasteiger charge is -2.04. The van der Waals surface area contributed by atoms with Gasteiger partial charge in [-0.05, 0) is 24.3 Å². The Labute approximate surface area is 113 Å². The molecule has 0 saturated carbocycles. The molecule has 1 aromatic heterocycles. The summed E-state index contributed by atoms with van der Waals surface area (Å²) in [7, 11) is 0. The van der Waals surface area contributed by atoms with Crippen molar-refractivity contribution in [3.8, 4) is 17.0 Å². The molecular formula is C13H12F2N2OS. The Bertz CT molecular complexity index is 540. The van der Waals surface area contributed by atoms with Crippen LogP contribution in [0.1, 0.15) is 0 Å². The minimum absolute atomic E-state index is 0.138. The number of thiazole rings is 1. The maximum Gasteiger partial charge on any atom is 0.387 e. The Hall–Kier alpha value is -1.95. The smallest absolute Gasteiger partial charge is 0.387 e. The Morgan fingerprint density at radius 3 is 2.74 bits per heavy atom. The van der Waals surface area contributed by atoms with Crippen molar-refractivity contribution < 1.29 is 13.5 Å². The molecule has 0 amide bonds. The minimum Gasteiger partial charge on any atom is -0.435 e. The lowest BCUT2D eigenvalue weighted by atomic mass is 10.2. The van der Waals surface area contributed by atoms with Crippen LogP contribution in [-0.4, -0.2) is 18.1 Å². The van der Waals surface area contributed by atoms with E-state index in [1.807, 2.05) is 5.38 Å². The molecule has 0 aliphatic rings. The van der Waals surface area contributed by atoms with Gasteiger partial charge in [0.25, 0.3) is 0 Å². The Morgan fingerprint density at radius 2 is 2.11 bits per heavy atom. The number of hydrogen-bond acceptors (Lipinski definition) is 4. The average Bonchev–Trinajstić information content (AvgIpc) is 2.85. The zero-order valence-electron chi connectivity index (χ0n) is 9.98. The van der Waals surface area contributed by atoms with Crippen molar-refractivity contribution in [3.05, 3.63) is 42.3 Å². The molecule has 0 spiro atoms. The second-order valence-electron chi connectivity index (χ2n) is 3.61. The predicted molar refractivity (Wildman–Crippen MR) is 72.9 cm³/mol. The lowest BCUT2D eigenvalue weighted by molar-refractivity contribution is -0.0498. The van der Waals surface area contributed by atoms with Crippen LogP contribution in [0.25, 0.3) is 11.3 Å². The number of halogens is 2. The highest BCUT2D eigenvalue weighted by atomic mass is 32.1. The molecule has 0 unspecified atom stereocenters. The number of benzene rings is 1. The maximum atomic E-state index is 12.0. The van der Waals surface area contributed by atoms with Gasteiger partial charge in [0.15, 0.2) is 5.13 Å². The fourth-order valence-corrected chi connectivity index (χ4v) is 2.18. The highest BCUT2D eigenvalue weighted by molar-refractivity contribution is 7.14. The summed E-state index contributed by atoms with van der Waals surface area (Å²) in [6.07, 6.45) is 1.75. The Morgan fingerprint density at radius 1 is 1.37 bits per heavy atom. The third-order valence-electron chi connectivity index (χ3n) is 2.28. The second-order valence-corrected chi connectivity index (χ2v) is 4.47. The molecule has 0 aliphatic carbocycles. The molecule has 0 bridgehead atoms. The molecule has 0 saturated heterocycles. The number of nitrogens with one attached hydrogen (secondary N) is 1. The largest absolute Gasteiger partial charge is 0.435 e. The van der Waals surface area contributed by atoms with Gasteiger partial charge in [0.2, 0.25) is 0 Å². The van der Waals surface area contributed by atoms with Crippen LogP contribution in [0.3, 0.4) is 0 Å². The summed E-state index contributed by atoms with van der Waals surface area (Å²) in [4.78, 5) is 4.38. The fraction of sp³-hybridized carbons (Fsp3) is 0.154. The quantitative estimate of drug-likeness (QED) is 0.813. The van der Waals surface area contributed by atoms with Crippen LogP contribution >= 0.6 is 11.3 Å². The zero-order valence-corrected chi connectivity index (χ0v) is 10.8. The molecule has 0 fully saturated rings. The van der Waals surface area contributed by atoms with Gasteiger partial charge >= 0.3 is 6.61 Å². The lowest BCUT2D eigenvalue weighted by Crippen LogP contribution is -2.01. The van der Waals surface area contributed by atoms with Crippen molar-refractivity contribution in [2.24, 2.45) is 0 Å². The number of rotatable bonds is 6. The first-order valence-corrected chi connectivity index (χ1v) is 6.42. The van der Waals surface area contributed by atoms with Gasteiger partial charge in [-0.3, -0.25) is 0 Å². The van der Waals surface area contributed by atoms with Crippen molar-refractivity contribution in [3.63, 3.8) is 0 Å². The molecule has 0 radical (unpaired) electrons. The van der Waals surface area contributed by atoms with Gasteiger partial charge in [0.05, 0.1) is 5.69 Å². The summed E-state index contributed by atoms with van der Waals surface area (Å²) in [6, 6.07) is 6.39. The number of alkyl halides is 2. The highest BCUT2D eigenvalue weighted by Gasteiger charge is 2.06. The summed E-state index contributed by atoms with van der Waals surface area (Å²) >= 11 is 1.48. The fourth-order valence-electron chi connectivity index (χ4n) is 1.45. The van der Waals surface area contributed by atoms with Gasteiger partial charge in [-0.15, -0.1) is 17.9 Å². The first kappa shape index (κ1) is 13.5. The monoisotopic (exact) mass is 282 g/mol. The molecule has 19 heavy (non-hydrogen) atoms. The molecule has 0 aliphatic heterocycles. The highest BCUT2D eigenvalue weighted by Crippen LogP contribution is 2.26. The van der Waals surface area contributed by atoms with Crippen LogP contribution < -0.4 is 10.1 Å². The van der Waals surface area contributed by atoms with Gasteiger partial charge in [0, 0.05) is 17.5 Å². The van der Waals surface area contributed by atoms with E-state index in [0.29, 0.717) is 6.54 Å². The van der Waals surface area contributed by atoms with E-state index < -0.39 is 6.61 Å². The number of hydrogen-bond donors (Lipinski definition) is 1. The van der Waals surface area contributed by atoms with E-state index in [1.165, 1.54) is 23.5 Å². The molecule has 100 valence electrons. The molecular weight excluding hydrogens is 270 g/mol. The molecule has 1 heterocycles. The predicted octanol–water partition coefficient (Wildman–Crippen LogP) is 4.01. The van der Waals surface area contributed by atoms with Crippen LogP contribution in [0, 0.1) is 0 Å². The van der Waals surface area contributed by atoms with E-state index in [-0.39, 0.29) is 5.75 Å². The van der Waals surface area contributed by atoms with E-state index >= 15 is 0 Å². The summed E-state index contributed by atoms with van der Waals surface area (Å²) in [5, 5.41) is 5.78. The minimum atomic E-state index is -2.81. The van der Waals surface area contributed by atoms with Crippen LogP contribution in [0.5, 0.6) is 5.75 Å². The molecule has 1 aromatic carbocycles. The van der Waals surface area contributed by atoms with Crippen molar-refractivity contribution in [1.29, 1.82) is 0 Å². The molecule has 6 heteroatoms. The van der Waals surface area contributed by atoms with Crippen LogP contribution in [0.4, 0.5) is 13.9 Å². The average molecular weight is 282 g/mol. The van der Waals surface area contributed by atoms with Gasteiger partial charge in [-0.1, -0.05) is 6.08 Å². The molecule has 3 nitrogen and oxygen atoms in total. The van der Waals surface area contributed by atoms with Gasteiger partial charge in [-0.25, -0.2) is 4.98 Å². The van der Waals surface area contributed by atoms with Crippen molar-refractivity contribution in [1.82, 2.24) is 4.98 Å². The second kappa shape index (κ2) is 6.29. The molecule has 2 aromatic rings. The van der Waals surface area contributed by atoms with Crippen molar-refractivity contribution >= 4 is 16.5 Å². The van der Waals surface area contributed by atoms with Crippen molar-refractivity contribution in [2.75, 3.05) is 11.9 Å². The maximum absolute atomic E-state index is 12.0. The molecule has 0 atom stereocenters. The molecule has 2 rings (SSSR count). The standard InChI is InChI=1S/C13H12F2N2OS/c1-2-7-16-13-17-11(8-19-13)9-3-5-10(6-4-9)18-12(14)15/h2-6,8,12H,1,7H2,(H,16,17). The van der Waals surface area contributed by atoms with E-state index in [4.69, 9.17) is 0 Å². The van der Waals surface area contributed by atoms with Crippen LogP contribution in [0.2, 0.25) is 0 Å². The normalized spacial score (nSPS) is 10.5. The number of ether oxygens (including phenoxy) is 1. The van der Waals surface area contributed by atoms with Gasteiger partial charge < -0.3 is 10.1 Å². The first-order valence-electron chi connectivity index (χ1n) is 5.54. The van der Waals surface area contributed by atoms with Crippen LogP contribution in [-0.2, 0) is 0 Å². The summed E-state index contributed by atoms with van der Waals surface area (Å²) in [5.74, 6) is 0.138. The topological polar surface area (TPSA) is 34.2 Å². The summed E-state index contributed by atoms with van der Waals surface area (Å²) < 4.78 is 28.3. The SMILES string of the molecule is C=CCNc1nc(-c2ccc(OC(F)F)cc2)cs1. The zero-order chi connectivity index (χ0) is 13.7. The Kier molecular flexibility index (Phi) is 4.46.